The second-order valence-corrected chi connectivity index (χ2v) is 7.38. The van der Waals surface area contributed by atoms with Crippen LogP contribution in [0.2, 0.25) is 0 Å². The van der Waals surface area contributed by atoms with Crippen molar-refractivity contribution in [1.29, 1.82) is 0 Å². The summed E-state index contributed by atoms with van der Waals surface area (Å²) >= 11 is 0. The van der Waals surface area contributed by atoms with Crippen LogP contribution in [0, 0.1) is 5.41 Å². The first-order chi connectivity index (χ1) is 8.10. The lowest BCUT2D eigenvalue weighted by atomic mass is 9.87. The molecule has 1 atom stereocenters. The molecule has 6 nitrogen and oxygen atoms in total. The van der Waals surface area contributed by atoms with Gasteiger partial charge in [-0.15, -0.1) is 12.4 Å². The molecule has 0 aliphatic heterocycles. The van der Waals surface area contributed by atoms with Crippen molar-refractivity contribution >= 4 is 28.3 Å². The van der Waals surface area contributed by atoms with E-state index < -0.39 is 16.1 Å². The van der Waals surface area contributed by atoms with Gasteiger partial charge in [-0.05, 0) is 18.8 Å². The van der Waals surface area contributed by atoms with Gasteiger partial charge in [-0.2, -0.15) is 0 Å². The predicted molar refractivity (Wildman–Crippen MR) is 79.8 cm³/mol. The highest BCUT2D eigenvalue weighted by Gasteiger charge is 2.26. The van der Waals surface area contributed by atoms with Gasteiger partial charge in [0.25, 0.3) is 0 Å². The topological polar surface area (TPSA) is 101 Å². The average Bonchev–Trinajstić information content (AvgIpc) is 2.26. The maximum Gasteiger partial charge on any atom is 0.237 e. The van der Waals surface area contributed by atoms with Gasteiger partial charge in [0, 0.05) is 13.1 Å². The molecule has 0 heterocycles. The van der Waals surface area contributed by atoms with E-state index in [1.807, 2.05) is 20.8 Å². The van der Waals surface area contributed by atoms with Gasteiger partial charge in [-0.1, -0.05) is 20.8 Å². The number of hydrogen-bond donors (Lipinski definition) is 3. The minimum Gasteiger partial charge on any atom is -0.355 e. The number of nitrogens with one attached hydrogen (secondary N) is 2. The van der Waals surface area contributed by atoms with Crippen molar-refractivity contribution in [2.24, 2.45) is 11.1 Å². The van der Waals surface area contributed by atoms with Crippen molar-refractivity contribution in [2.75, 3.05) is 18.8 Å². The standard InChI is InChI=1S/C11H25N3O3S.ClH/c1-5-18(16,17)14-8-6-7-13-10(15)9(12)11(2,3)4;/h9,14H,5-8,12H2,1-4H3,(H,13,15);1H/t9-;/m1./s1. The van der Waals surface area contributed by atoms with Crippen LogP contribution in [0.25, 0.3) is 0 Å². The average molecular weight is 316 g/mol. The van der Waals surface area contributed by atoms with E-state index in [1.165, 1.54) is 0 Å². The zero-order chi connectivity index (χ0) is 14.4. The molecule has 8 heteroatoms. The maximum atomic E-state index is 11.6. The molecule has 0 saturated heterocycles. The predicted octanol–water partition coefficient (Wildman–Crippen LogP) is 0.227. The van der Waals surface area contributed by atoms with Gasteiger partial charge in [0.1, 0.15) is 0 Å². The Morgan fingerprint density at radius 3 is 2.21 bits per heavy atom. The smallest absolute Gasteiger partial charge is 0.237 e. The normalized spacial score (nSPS) is 13.5. The number of carbonyl (C=O) groups excluding carboxylic acids is 1. The van der Waals surface area contributed by atoms with Crippen LogP contribution in [0.5, 0.6) is 0 Å². The summed E-state index contributed by atoms with van der Waals surface area (Å²) in [5, 5.41) is 2.69. The molecule has 0 spiro atoms. The van der Waals surface area contributed by atoms with E-state index in [0.717, 1.165) is 0 Å². The van der Waals surface area contributed by atoms with Crippen molar-refractivity contribution in [3.05, 3.63) is 0 Å². The van der Waals surface area contributed by atoms with E-state index >= 15 is 0 Å². The molecule has 0 unspecified atom stereocenters. The van der Waals surface area contributed by atoms with Crippen LogP contribution in [-0.4, -0.2) is 39.2 Å². The minimum absolute atomic E-state index is 0. The van der Waals surface area contributed by atoms with Crippen LogP contribution in [0.4, 0.5) is 0 Å². The summed E-state index contributed by atoms with van der Waals surface area (Å²) < 4.78 is 24.7. The largest absolute Gasteiger partial charge is 0.355 e. The molecule has 4 N–H and O–H groups in total. The Hall–Kier alpha value is -0.370. The number of halogens is 1. The molecule has 0 radical (unpaired) electrons. The fourth-order valence-electron chi connectivity index (χ4n) is 1.13. The Morgan fingerprint density at radius 1 is 1.26 bits per heavy atom. The molecule has 0 aliphatic carbocycles. The Balaban J connectivity index is 0. The summed E-state index contributed by atoms with van der Waals surface area (Å²) in [4.78, 5) is 11.6. The summed E-state index contributed by atoms with van der Waals surface area (Å²) in [6.45, 7) is 7.99. The van der Waals surface area contributed by atoms with E-state index in [2.05, 4.69) is 10.0 Å². The van der Waals surface area contributed by atoms with Crippen LogP contribution >= 0.6 is 12.4 Å². The Morgan fingerprint density at radius 2 is 1.79 bits per heavy atom. The molecule has 19 heavy (non-hydrogen) atoms. The quantitative estimate of drug-likeness (QED) is 0.585. The number of hydrogen-bond acceptors (Lipinski definition) is 4. The van der Waals surface area contributed by atoms with E-state index in [0.29, 0.717) is 19.5 Å². The maximum absolute atomic E-state index is 11.6. The second kappa shape index (κ2) is 8.73. The summed E-state index contributed by atoms with van der Waals surface area (Å²) in [6.07, 6.45) is 0.543. The monoisotopic (exact) mass is 315 g/mol. The number of rotatable bonds is 7. The third-order valence-electron chi connectivity index (χ3n) is 2.57. The molecule has 1 amide bonds. The third kappa shape index (κ3) is 9.21. The molecule has 0 aromatic carbocycles. The van der Waals surface area contributed by atoms with Crippen molar-refractivity contribution in [1.82, 2.24) is 10.0 Å². The molecule has 0 aromatic heterocycles. The van der Waals surface area contributed by atoms with Gasteiger partial charge in [-0.25, -0.2) is 13.1 Å². The molecule has 0 fully saturated rings. The molecular weight excluding hydrogens is 290 g/mol. The highest BCUT2D eigenvalue weighted by atomic mass is 35.5. The fraction of sp³-hybridized carbons (Fsp3) is 0.909. The molecule has 0 aromatic rings. The molecule has 0 aliphatic rings. The van der Waals surface area contributed by atoms with Crippen LogP contribution in [0.1, 0.15) is 34.1 Å². The second-order valence-electron chi connectivity index (χ2n) is 5.29. The summed E-state index contributed by atoms with van der Waals surface area (Å²) in [5.41, 5.74) is 5.49. The number of carbonyl (C=O) groups is 1. The van der Waals surface area contributed by atoms with Gasteiger partial charge in [0.05, 0.1) is 11.8 Å². The van der Waals surface area contributed by atoms with E-state index in [4.69, 9.17) is 5.73 Å². The fourth-order valence-corrected chi connectivity index (χ4v) is 1.79. The third-order valence-corrected chi connectivity index (χ3v) is 3.97. The molecule has 0 bridgehead atoms. The Bertz CT molecular complexity index is 366. The van der Waals surface area contributed by atoms with Crippen LogP contribution in [0.3, 0.4) is 0 Å². The van der Waals surface area contributed by atoms with Crippen molar-refractivity contribution in [2.45, 2.75) is 40.2 Å². The lowest BCUT2D eigenvalue weighted by Gasteiger charge is -2.25. The Kier molecular flexibility index (Phi) is 9.62. The van der Waals surface area contributed by atoms with E-state index in [9.17, 15) is 13.2 Å². The van der Waals surface area contributed by atoms with E-state index in [-0.39, 0.29) is 29.5 Å². The first-order valence-electron chi connectivity index (χ1n) is 6.11. The van der Waals surface area contributed by atoms with Crippen molar-refractivity contribution in [3.63, 3.8) is 0 Å². The van der Waals surface area contributed by atoms with Gasteiger partial charge >= 0.3 is 0 Å². The summed E-state index contributed by atoms with van der Waals surface area (Å²) in [7, 11) is -3.15. The molecule has 116 valence electrons. The van der Waals surface area contributed by atoms with Crippen LogP contribution in [0.15, 0.2) is 0 Å². The Labute approximate surface area is 122 Å². The first kappa shape index (κ1) is 20.9. The van der Waals surface area contributed by atoms with Crippen molar-refractivity contribution in [3.8, 4) is 0 Å². The summed E-state index contributed by atoms with van der Waals surface area (Å²) in [5.74, 6) is -0.144. The molecule has 0 saturated carbocycles. The zero-order valence-electron chi connectivity index (χ0n) is 12.0. The van der Waals surface area contributed by atoms with Crippen molar-refractivity contribution < 1.29 is 13.2 Å². The van der Waals surface area contributed by atoms with Gasteiger partial charge < -0.3 is 11.1 Å². The molecular formula is C11H26ClN3O3S. The summed E-state index contributed by atoms with van der Waals surface area (Å²) in [6, 6.07) is -0.565. The van der Waals surface area contributed by atoms with Crippen LogP contribution < -0.4 is 15.8 Å². The van der Waals surface area contributed by atoms with Crippen LogP contribution in [-0.2, 0) is 14.8 Å². The van der Waals surface area contributed by atoms with Gasteiger partial charge in [-0.3, -0.25) is 4.79 Å². The van der Waals surface area contributed by atoms with Gasteiger partial charge in [0.2, 0.25) is 15.9 Å². The molecule has 0 rings (SSSR count). The zero-order valence-corrected chi connectivity index (χ0v) is 13.7. The number of amides is 1. The first-order valence-corrected chi connectivity index (χ1v) is 7.76. The highest BCUT2D eigenvalue weighted by Crippen LogP contribution is 2.16. The van der Waals surface area contributed by atoms with Gasteiger partial charge in [0.15, 0.2) is 0 Å². The lowest BCUT2D eigenvalue weighted by Crippen LogP contribution is -2.49. The van der Waals surface area contributed by atoms with E-state index in [1.54, 1.807) is 6.92 Å². The number of nitrogens with two attached hydrogens (primary N) is 1. The number of sulfonamides is 1. The minimum atomic E-state index is -3.15. The highest BCUT2D eigenvalue weighted by molar-refractivity contribution is 7.89. The lowest BCUT2D eigenvalue weighted by molar-refractivity contribution is -0.124. The SMILES string of the molecule is CCS(=O)(=O)NCCCNC(=O)[C@@H](N)C(C)(C)C.Cl.